The summed E-state index contributed by atoms with van der Waals surface area (Å²) in [6, 6.07) is 18.3. The molecule has 8 heteroatoms. The number of amides is 2. The van der Waals surface area contributed by atoms with E-state index in [2.05, 4.69) is 20.6 Å². The summed E-state index contributed by atoms with van der Waals surface area (Å²) in [6.45, 7) is 0. The Bertz CT molecular complexity index is 1360. The lowest BCUT2D eigenvalue weighted by molar-refractivity contribution is 0.101. The SMILES string of the molecule is O=C(Nc1cccc(-c2ccncn2)c1)c1ccc2c(c1)NC(=O)c1cc(F)ccc1S2. The van der Waals surface area contributed by atoms with Crippen LogP contribution in [0.4, 0.5) is 15.8 Å². The van der Waals surface area contributed by atoms with Gasteiger partial charge in [-0.15, -0.1) is 0 Å². The molecule has 2 heterocycles. The molecule has 5 rings (SSSR count). The van der Waals surface area contributed by atoms with Gasteiger partial charge in [-0.25, -0.2) is 14.4 Å². The van der Waals surface area contributed by atoms with Crippen molar-refractivity contribution >= 4 is 35.0 Å². The third-order valence-corrected chi connectivity index (χ3v) is 6.05. The molecule has 3 aromatic carbocycles. The van der Waals surface area contributed by atoms with Gasteiger partial charge >= 0.3 is 0 Å². The van der Waals surface area contributed by atoms with Crippen LogP contribution < -0.4 is 10.6 Å². The largest absolute Gasteiger partial charge is 0.322 e. The van der Waals surface area contributed by atoms with Crippen molar-refractivity contribution in [2.45, 2.75) is 9.79 Å². The quantitative estimate of drug-likeness (QED) is 0.453. The fourth-order valence-electron chi connectivity index (χ4n) is 3.36. The van der Waals surface area contributed by atoms with Crippen LogP contribution in [0, 0.1) is 5.82 Å². The minimum absolute atomic E-state index is 0.263. The van der Waals surface area contributed by atoms with Gasteiger partial charge < -0.3 is 10.6 Å². The third-order valence-electron chi connectivity index (χ3n) is 4.89. The molecule has 4 aromatic rings. The van der Waals surface area contributed by atoms with Crippen molar-refractivity contribution in [1.29, 1.82) is 0 Å². The standard InChI is InChI=1S/C24H15FN4O2S/c25-16-5-7-21-18(12-16)24(31)29-20-11-15(4-6-22(20)32-21)23(30)28-17-3-1-2-14(10-17)19-8-9-26-13-27-19/h1-13H,(H,28,30)(H,29,31). The average Bonchev–Trinajstić information content (AvgIpc) is 2.95. The predicted molar refractivity (Wildman–Crippen MR) is 120 cm³/mol. The second-order valence-electron chi connectivity index (χ2n) is 7.04. The molecule has 0 radical (unpaired) electrons. The summed E-state index contributed by atoms with van der Waals surface area (Å²) in [6.07, 6.45) is 3.12. The molecule has 1 aromatic heterocycles. The number of carbonyl (C=O) groups excluding carboxylic acids is 2. The smallest absolute Gasteiger partial charge is 0.256 e. The van der Waals surface area contributed by atoms with Crippen LogP contribution in [0.1, 0.15) is 20.7 Å². The van der Waals surface area contributed by atoms with Crippen LogP contribution >= 0.6 is 11.8 Å². The molecular weight excluding hydrogens is 427 g/mol. The molecule has 156 valence electrons. The lowest BCUT2D eigenvalue weighted by atomic mass is 10.1. The van der Waals surface area contributed by atoms with Crippen molar-refractivity contribution in [2.24, 2.45) is 0 Å². The topological polar surface area (TPSA) is 84.0 Å². The number of rotatable bonds is 3. The number of carbonyl (C=O) groups is 2. The molecule has 0 fully saturated rings. The number of benzene rings is 3. The Balaban J connectivity index is 1.39. The van der Waals surface area contributed by atoms with Gasteiger partial charge in [0, 0.05) is 32.8 Å². The monoisotopic (exact) mass is 442 g/mol. The van der Waals surface area contributed by atoms with Gasteiger partial charge in [0.1, 0.15) is 12.1 Å². The molecule has 0 atom stereocenters. The summed E-state index contributed by atoms with van der Waals surface area (Å²) in [5, 5.41) is 5.65. The molecule has 0 bridgehead atoms. The first-order valence-corrected chi connectivity index (χ1v) is 10.5. The Labute approximate surface area is 186 Å². The Hall–Kier alpha value is -4.04. The first kappa shape index (κ1) is 19.9. The first-order valence-electron chi connectivity index (χ1n) is 9.67. The lowest BCUT2D eigenvalue weighted by Crippen LogP contribution is -2.14. The fraction of sp³-hybridized carbons (Fsp3) is 0. The zero-order valence-electron chi connectivity index (χ0n) is 16.5. The highest BCUT2D eigenvalue weighted by Crippen LogP contribution is 2.39. The highest BCUT2D eigenvalue weighted by molar-refractivity contribution is 7.99. The maximum atomic E-state index is 13.6. The maximum absolute atomic E-state index is 13.6. The number of hydrogen-bond donors (Lipinski definition) is 2. The molecule has 0 saturated heterocycles. The van der Waals surface area contributed by atoms with Gasteiger partial charge in [0.15, 0.2) is 0 Å². The first-order chi connectivity index (χ1) is 15.6. The van der Waals surface area contributed by atoms with Crippen molar-refractivity contribution in [3.63, 3.8) is 0 Å². The van der Waals surface area contributed by atoms with Crippen LogP contribution in [-0.4, -0.2) is 21.8 Å². The summed E-state index contributed by atoms with van der Waals surface area (Å²) in [4.78, 5) is 35.0. The number of nitrogens with zero attached hydrogens (tertiary/aromatic N) is 2. The molecular formula is C24H15FN4O2S. The van der Waals surface area contributed by atoms with Crippen LogP contribution in [0.15, 0.2) is 89.0 Å². The van der Waals surface area contributed by atoms with Gasteiger partial charge in [-0.2, -0.15) is 0 Å². The van der Waals surface area contributed by atoms with E-state index in [0.717, 1.165) is 16.2 Å². The van der Waals surface area contributed by atoms with E-state index in [1.54, 1.807) is 42.6 Å². The summed E-state index contributed by atoms with van der Waals surface area (Å²) in [5.41, 5.74) is 3.35. The third kappa shape index (κ3) is 3.95. The number of fused-ring (bicyclic) bond motifs is 2. The number of anilines is 2. The average molecular weight is 442 g/mol. The Morgan fingerprint density at radius 2 is 1.88 bits per heavy atom. The van der Waals surface area contributed by atoms with E-state index in [1.807, 2.05) is 18.2 Å². The van der Waals surface area contributed by atoms with Crippen LogP contribution in [0.25, 0.3) is 11.3 Å². The minimum Gasteiger partial charge on any atom is -0.322 e. The highest BCUT2D eigenvalue weighted by Gasteiger charge is 2.21. The number of hydrogen-bond acceptors (Lipinski definition) is 5. The van der Waals surface area contributed by atoms with Crippen LogP contribution in [0.2, 0.25) is 0 Å². The Kier molecular flexibility index (Phi) is 5.12. The van der Waals surface area contributed by atoms with Gasteiger partial charge in [0.05, 0.1) is 16.9 Å². The second kappa shape index (κ2) is 8.24. The van der Waals surface area contributed by atoms with E-state index in [-0.39, 0.29) is 11.5 Å². The highest BCUT2D eigenvalue weighted by atomic mass is 32.2. The molecule has 0 saturated carbocycles. The van der Waals surface area contributed by atoms with E-state index < -0.39 is 11.7 Å². The zero-order valence-corrected chi connectivity index (χ0v) is 17.3. The number of nitrogens with one attached hydrogen (secondary N) is 2. The van der Waals surface area contributed by atoms with Crippen molar-refractivity contribution in [3.05, 3.63) is 96.2 Å². The number of halogens is 1. The Morgan fingerprint density at radius 1 is 1.00 bits per heavy atom. The van der Waals surface area contributed by atoms with Crippen LogP contribution in [-0.2, 0) is 0 Å². The van der Waals surface area contributed by atoms with Gasteiger partial charge in [0.2, 0.25) is 0 Å². The van der Waals surface area contributed by atoms with E-state index in [1.165, 1.54) is 30.2 Å². The summed E-state index contributed by atoms with van der Waals surface area (Å²) >= 11 is 1.35. The summed E-state index contributed by atoms with van der Waals surface area (Å²) < 4.78 is 13.6. The van der Waals surface area contributed by atoms with Crippen molar-refractivity contribution in [3.8, 4) is 11.3 Å². The van der Waals surface area contributed by atoms with Gasteiger partial charge in [-0.3, -0.25) is 9.59 Å². The fourth-order valence-corrected chi connectivity index (χ4v) is 4.35. The molecule has 32 heavy (non-hydrogen) atoms. The summed E-state index contributed by atoms with van der Waals surface area (Å²) in [5.74, 6) is -1.21. The van der Waals surface area contributed by atoms with E-state index in [0.29, 0.717) is 21.8 Å². The van der Waals surface area contributed by atoms with Crippen LogP contribution in [0.3, 0.4) is 0 Å². The lowest BCUT2D eigenvalue weighted by Gasteiger charge is -2.10. The zero-order chi connectivity index (χ0) is 22.1. The van der Waals surface area contributed by atoms with Gasteiger partial charge in [-0.05, 0) is 54.6 Å². The van der Waals surface area contributed by atoms with Crippen molar-refractivity contribution in [2.75, 3.05) is 10.6 Å². The number of aromatic nitrogens is 2. The molecule has 1 aliphatic heterocycles. The van der Waals surface area contributed by atoms with Gasteiger partial charge in [0.25, 0.3) is 11.8 Å². The Morgan fingerprint density at radius 3 is 2.72 bits per heavy atom. The van der Waals surface area contributed by atoms with Crippen molar-refractivity contribution in [1.82, 2.24) is 9.97 Å². The minimum atomic E-state index is -0.477. The molecule has 2 amide bonds. The molecule has 1 aliphatic rings. The predicted octanol–water partition coefficient (Wildman–Crippen LogP) is 5.25. The van der Waals surface area contributed by atoms with E-state index >= 15 is 0 Å². The molecule has 0 spiro atoms. The molecule has 6 nitrogen and oxygen atoms in total. The van der Waals surface area contributed by atoms with Crippen molar-refractivity contribution < 1.29 is 14.0 Å². The normalized spacial score (nSPS) is 12.2. The van der Waals surface area contributed by atoms with Crippen LogP contribution in [0.5, 0.6) is 0 Å². The molecule has 0 unspecified atom stereocenters. The van der Waals surface area contributed by atoms with E-state index in [4.69, 9.17) is 0 Å². The maximum Gasteiger partial charge on any atom is 0.256 e. The second-order valence-corrected chi connectivity index (χ2v) is 8.12. The van der Waals surface area contributed by atoms with Gasteiger partial charge in [-0.1, -0.05) is 23.9 Å². The van der Waals surface area contributed by atoms with E-state index in [9.17, 15) is 14.0 Å². The summed E-state index contributed by atoms with van der Waals surface area (Å²) in [7, 11) is 0. The molecule has 2 N–H and O–H groups in total. The molecule has 0 aliphatic carbocycles.